The van der Waals surface area contributed by atoms with Crippen LogP contribution in [-0.2, 0) is 14.3 Å². The predicted molar refractivity (Wildman–Crippen MR) is 54.3 cm³/mol. The third kappa shape index (κ3) is 2.79. The van der Waals surface area contributed by atoms with Crippen LogP contribution in [0.25, 0.3) is 0 Å². The highest BCUT2D eigenvalue weighted by molar-refractivity contribution is 5.51. The molecule has 0 spiro atoms. The second-order valence-corrected chi connectivity index (χ2v) is 4.03. The zero-order valence-electron chi connectivity index (χ0n) is 9.12. The fourth-order valence-electron chi connectivity index (χ4n) is 2.06. The average Bonchev–Trinajstić information content (AvgIpc) is 2.20. The molecule has 1 heterocycles. The third-order valence-electron chi connectivity index (χ3n) is 2.99. The standard InChI is InChI=1S/C11H20O3/c1-3-14-11(2,6-7-12)10-5-4-8-13-9-10/h7,10H,3-6,8-9H2,1-2H3. The molecule has 0 radical (unpaired) electrons. The molecule has 1 aliphatic rings. The molecule has 0 saturated carbocycles. The molecule has 14 heavy (non-hydrogen) atoms. The molecule has 3 nitrogen and oxygen atoms in total. The number of carbonyl (C=O) groups is 1. The van der Waals surface area contributed by atoms with E-state index in [1.54, 1.807) is 0 Å². The maximum absolute atomic E-state index is 10.6. The van der Waals surface area contributed by atoms with Gasteiger partial charge in [0.15, 0.2) is 0 Å². The Morgan fingerprint density at radius 2 is 2.43 bits per heavy atom. The van der Waals surface area contributed by atoms with Gasteiger partial charge in [0.1, 0.15) is 6.29 Å². The van der Waals surface area contributed by atoms with Crippen molar-refractivity contribution in [2.75, 3.05) is 19.8 Å². The van der Waals surface area contributed by atoms with Crippen molar-refractivity contribution in [3.63, 3.8) is 0 Å². The highest BCUT2D eigenvalue weighted by Crippen LogP contribution is 2.31. The van der Waals surface area contributed by atoms with Crippen molar-refractivity contribution in [3.05, 3.63) is 0 Å². The highest BCUT2D eigenvalue weighted by Gasteiger charge is 2.35. The van der Waals surface area contributed by atoms with Crippen LogP contribution < -0.4 is 0 Å². The molecule has 3 heteroatoms. The molecule has 2 unspecified atom stereocenters. The smallest absolute Gasteiger partial charge is 0.122 e. The van der Waals surface area contributed by atoms with Gasteiger partial charge in [-0.05, 0) is 26.7 Å². The Bertz CT molecular complexity index is 175. The third-order valence-corrected chi connectivity index (χ3v) is 2.99. The normalized spacial score (nSPS) is 26.9. The van der Waals surface area contributed by atoms with Crippen molar-refractivity contribution in [2.24, 2.45) is 5.92 Å². The second kappa shape index (κ2) is 5.47. The van der Waals surface area contributed by atoms with Gasteiger partial charge in [0.25, 0.3) is 0 Å². The van der Waals surface area contributed by atoms with E-state index in [0.29, 0.717) is 18.9 Å². The van der Waals surface area contributed by atoms with Crippen LogP contribution in [0, 0.1) is 5.92 Å². The maximum Gasteiger partial charge on any atom is 0.122 e. The monoisotopic (exact) mass is 200 g/mol. The molecule has 0 aliphatic carbocycles. The Morgan fingerprint density at radius 3 is 2.93 bits per heavy atom. The van der Waals surface area contributed by atoms with Gasteiger partial charge >= 0.3 is 0 Å². The summed E-state index contributed by atoms with van der Waals surface area (Å²) in [6.07, 6.45) is 3.59. The summed E-state index contributed by atoms with van der Waals surface area (Å²) in [5, 5.41) is 0. The van der Waals surface area contributed by atoms with Crippen molar-refractivity contribution >= 4 is 6.29 Å². The first-order chi connectivity index (χ1) is 6.73. The Hall–Kier alpha value is -0.410. The van der Waals surface area contributed by atoms with Crippen LogP contribution >= 0.6 is 0 Å². The van der Waals surface area contributed by atoms with Crippen LogP contribution in [0.4, 0.5) is 0 Å². The molecule has 1 aliphatic heterocycles. The zero-order chi connectivity index (χ0) is 10.4. The molecule has 0 aromatic rings. The number of aldehydes is 1. The fourth-order valence-corrected chi connectivity index (χ4v) is 2.06. The van der Waals surface area contributed by atoms with Crippen molar-refractivity contribution in [3.8, 4) is 0 Å². The van der Waals surface area contributed by atoms with Gasteiger partial charge < -0.3 is 14.3 Å². The van der Waals surface area contributed by atoms with E-state index in [1.807, 2.05) is 13.8 Å². The Labute approximate surface area is 85.8 Å². The van der Waals surface area contributed by atoms with Gasteiger partial charge in [0.2, 0.25) is 0 Å². The van der Waals surface area contributed by atoms with E-state index in [0.717, 1.165) is 32.3 Å². The predicted octanol–water partition coefficient (Wildman–Crippen LogP) is 1.80. The second-order valence-electron chi connectivity index (χ2n) is 4.03. The van der Waals surface area contributed by atoms with Crippen molar-refractivity contribution in [1.82, 2.24) is 0 Å². The van der Waals surface area contributed by atoms with Crippen LogP contribution in [0.1, 0.15) is 33.1 Å². The molecule has 0 bridgehead atoms. The number of hydrogen-bond donors (Lipinski definition) is 0. The summed E-state index contributed by atoms with van der Waals surface area (Å²) in [5.74, 6) is 0.362. The molecule has 0 aromatic heterocycles. The van der Waals surface area contributed by atoms with Gasteiger partial charge in [-0.3, -0.25) is 0 Å². The molecule has 1 fully saturated rings. The lowest BCUT2D eigenvalue weighted by Crippen LogP contribution is -2.42. The van der Waals surface area contributed by atoms with E-state index in [9.17, 15) is 4.79 Å². The zero-order valence-corrected chi connectivity index (χ0v) is 9.12. The van der Waals surface area contributed by atoms with Crippen molar-refractivity contribution < 1.29 is 14.3 Å². The first kappa shape index (κ1) is 11.7. The lowest BCUT2D eigenvalue weighted by atomic mass is 9.82. The largest absolute Gasteiger partial charge is 0.381 e. The quantitative estimate of drug-likeness (QED) is 0.635. The summed E-state index contributed by atoms with van der Waals surface area (Å²) in [6.45, 7) is 6.21. The molecular weight excluding hydrogens is 180 g/mol. The summed E-state index contributed by atoms with van der Waals surface area (Å²) in [4.78, 5) is 10.6. The van der Waals surface area contributed by atoms with Crippen molar-refractivity contribution in [2.45, 2.75) is 38.7 Å². The van der Waals surface area contributed by atoms with E-state index < -0.39 is 0 Å². The summed E-state index contributed by atoms with van der Waals surface area (Å²) in [7, 11) is 0. The van der Waals surface area contributed by atoms with E-state index in [-0.39, 0.29) is 5.60 Å². The Balaban J connectivity index is 2.58. The van der Waals surface area contributed by atoms with Crippen LogP contribution in [0.15, 0.2) is 0 Å². The molecular formula is C11H20O3. The van der Waals surface area contributed by atoms with Crippen LogP contribution in [-0.4, -0.2) is 31.7 Å². The molecule has 82 valence electrons. The molecule has 1 rings (SSSR count). The van der Waals surface area contributed by atoms with Gasteiger partial charge in [-0.15, -0.1) is 0 Å². The van der Waals surface area contributed by atoms with Gasteiger partial charge in [-0.25, -0.2) is 0 Å². The molecule has 1 saturated heterocycles. The number of carbonyl (C=O) groups excluding carboxylic acids is 1. The van der Waals surface area contributed by atoms with Crippen molar-refractivity contribution in [1.29, 1.82) is 0 Å². The summed E-state index contributed by atoms with van der Waals surface area (Å²) >= 11 is 0. The lowest BCUT2D eigenvalue weighted by molar-refractivity contribution is -0.129. The molecule has 0 aromatic carbocycles. The van der Waals surface area contributed by atoms with Gasteiger partial charge in [-0.1, -0.05) is 0 Å². The van der Waals surface area contributed by atoms with Gasteiger partial charge in [-0.2, -0.15) is 0 Å². The minimum absolute atomic E-state index is 0.322. The first-order valence-corrected chi connectivity index (χ1v) is 5.38. The molecule has 2 atom stereocenters. The topological polar surface area (TPSA) is 35.5 Å². The highest BCUT2D eigenvalue weighted by atomic mass is 16.5. The summed E-state index contributed by atoms with van der Waals surface area (Å²) in [6, 6.07) is 0. The first-order valence-electron chi connectivity index (χ1n) is 5.38. The van der Waals surface area contributed by atoms with E-state index >= 15 is 0 Å². The average molecular weight is 200 g/mol. The van der Waals surface area contributed by atoms with Crippen LogP contribution in [0.3, 0.4) is 0 Å². The van der Waals surface area contributed by atoms with E-state index in [2.05, 4.69) is 0 Å². The van der Waals surface area contributed by atoms with Crippen LogP contribution in [0.5, 0.6) is 0 Å². The summed E-state index contributed by atoms with van der Waals surface area (Å²) < 4.78 is 11.1. The lowest BCUT2D eigenvalue weighted by Gasteiger charge is -2.38. The Morgan fingerprint density at radius 1 is 1.64 bits per heavy atom. The van der Waals surface area contributed by atoms with Gasteiger partial charge in [0, 0.05) is 25.6 Å². The van der Waals surface area contributed by atoms with E-state index in [1.165, 1.54) is 0 Å². The SMILES string of the molecule is CCOC(C)(CC=O)C1CCCOC1. The minimum Gasteiger partial charge on any atom is -0.381 e. The van der Waals surface area contributed by atoms with E-state index in [4.69, 9.17) is 9.47 Å². The molecule has 0 N–H and O–H groups in total. The van der Waals surface area contributed by atoms with Crippen LogP contribution in [0.2, 0.25) is 0 Å². The fraction of sp³-hybridized carbons (Fsp3) is 0.909. The maximum atomic E-state index is 10.6. The Kier molecular flexibility index (Phi) is 4.55. The minimum atomic E-state index is -0.322. The summed E-state index contributed by atoms with van der Waals surface area (Å²) in [5.41, 5.74) is -0.322. The van der Waals surface area contributed by atoms with Gasteiger partial charge in [0.05, 0.1) is 12.2 Å². The number of hydrogen-bond acceptors (Lipinski definition) is 3. The number of rotatable bonds is 5. The number of ether oxygens (including phenoxy) is 2. The molecule has 0 amide bonds.